The molecule has 0 radical (unpaired) electrons. The maximum absolute atomic E-state index is 13.8. The van der Waals surface area contributed by atoms with E-state index in [4.69, 9.17) is 23.2 Å². The minimum absolute atomic E-state index is 0.0680. The zero-order valence-corrected chi connectivity index (χ0v) is 11.6. The van der Waals surface area contributed by atoms with Gasteiger partial charge in [0.1, 0.15) is 11.4 Å². The molecule has 20 heavy (non-hydrogen) atoms. The van der Waals surface area contributed by atoms with E-state index in [0.29, 0.717) is 5.56 Å². The molecule has 0 bridgehead atoms. The Hall–Kier alpha value is -1.72. The third-order valence-electron chi connectivity index (χ3n) is 2.55. The SMILES string of the molecule is COC(=O)c1c(F)c(Cl)nc(-c2ccc(F)cc2)c1Cl. The first-order chi connectivity index (χ1) is 9.45. The molecule has 0 spiro atoms. The van der Waals surface area contributed by atoms with Crippen LogP contribution in [0.1, 0.15) is 10.4 Å². The second-order valence-corrected chi connectivity index (χ2v) is 4.49. The highest BCUT2D eigenvalue weighted by Gasteiger charge is 2.24. The minimum atomic E-state index is -1.06. The van der Waals surface area contributed by atoms with Gasteiger partial charge in [-0.2, -0.15) is 0 Å². The molecule has 0 saturated heterocycles. The van der Waals surface area contributed by atoms with Crippen LogP contribution in [0.4, 0.5) is 8.78 Å². The summed E-state index contributed by atoms with van der Waals surface area (Å²) >= 11 is 11.6. The molecule has 7 heteroatoms. The molecular formula is C13H7Cl2F2NO2. The predicted molar refractivity (Wildman–Crippen MR) is 70.9 cm³/mol. The second kappa shape index (κ2) is 5.73. The molecule has 3 nitrogen and oxygen atoms in total. The van der Waals surface area contributed by atoms with Gasteiger partial charge in [0.15, 0.2) is 11.0 Å². The van der Waals surface area contributed by atoms with Gasteiger partial charge in [-0.05, 0) is 24.3 Å². The molecule has 1 aromatic carbocycles. The van der Waals surface area contributed by atoms with Gasteiger partial charge in [0.05, 0.1) is 17.8 Å². The van der Waals surface area contributed by atoms with Gasteiger partial charge in [-0.1, -0.05) is 23.2 Å². The minimum Gasteiger partial charge on any atom is -0.465 e. The van der Waals surface area contributed by atoms with Crippen LogP contribution in [0, 0.1) is 11.6 Å². The van der Waals surface area contributed by atoms with E-state index in [-0.39, 0.29) is 10.7 Å². The molecular weight excluding hydrogens is 311 g/mol. The molecule has 0 fully saturated rings. The van der Waals surface area contributed by atoms with Crippen molar-refractivity contribution in [3.8, 4) is 11.3 Å². The Morgan fingerprint density at radius 1 is 1.20 bits per heavy atom. The van der Waals surface area contributed by atoms with Crippen LogP contribution in [0.2, 0.25) is 10.2 Å². The van der Waals surface area contributed by atoms with E-state index in [2.05, 4.69) is 9.72 Å². The van der Waals surface area contributed by atoms with Crippen molar-refractivity contribution >= 4 is 29.2 Å². The first-order valence-electron chi connectivity index (χ1n) is 5.34. The highest BCUT2D eigenvalue weighted by atomic mass is 35.5. The number of halogens is 4. The molecule has 104 valence electrons. The van der Waals surface area contributed by atoms with Crippen molar-refractivity contribution in [3.05, 3.63) is 51.6 Å². The van der Waals surface area contributed by atoms with Crippen molar-refractivity contribution in [1.82, 2.24) is 4.98 Å². The van der Waals surface area contributed by atoms with E-state index in [9.17, 15) is 13.6 Å². The third kappa shape index (κ3) is 2.59. The Kier molecular flexibility index (Phi) is 4.20. The lowest BCUT2D eigenvalue weighted by Gasteiger charge is -2.10. The van der Waals surface area contributed by atoms with Crippen molar-refractivity contribution < 1.29 is 18.3 Å². The number of hydrogen-bond acceptors (Lipinski definition) is 3. The molecule has 0 aliphatic carbocycles. The van der Waals surface area contributed by atoms with Gasteiger partial charge in [0.2, 0.25) is 0 Å². The quantitative estimate of drug-likeness (QED) is 0.618. The van der Waals surface area contributed by atoms with Crippen LogP contribution < -0.4 is 0 Å². The smallest absolute Gasteiger partial charge is 0.342 e. The lowest BCUT2D eigenvalue weighted by molar-refractivity contribution is 0.0595. The van der Waals surface area contributed by atoms with E-state index in [1.54, 1.807) is 0 Å². The maximum Gasteiger partial charge on any atom is 0.342 e. The zero-order valence-electron chi connectivity index (χ0n) is 10.1. The van der Waals surface area contributed by atoms with Gasteiger partial charge in [-0.25, -0.2) is 18.6 Å². The average Bonchev–Trinajstić information content (AvgIpc) is 2.44. The summed E-state index contributed by atoms with van der Waals surface area (Å²) in [5.41, 5.74) is -0.0459. The largest absolute Gasteiger partial charge is 0.465 e. The molecule has 1 heterocycles. The number of nitrogens with zero attached hydrogens (tertiary/aromatic N) is 1. The highest BCUT2D eigenvalue weighted by Crippen LogP contribution is 2.33. The van der Waals surface area contributed by atoms with Gasteiger partial charge in [-0.15, -0.1) is 0 Å². The Bertz CT molecular complexity index is 675. The van der Waals surface area contributed by atoms with Gasteiger partial charge in [0, 0.05) is 5.56 Å². The van der Waals surface area contributed by atoms with E-state index < -0.39 is 28.3 Å². The fourth-order valence-electron chi connectivity index (χ4n) is 1.59. The lowest BCUT2D eigenvalue weighted by atomic mass is 10.1. The monoisotopic (exact) mass is 317 g/mol. The molecule has 0 unspecified atom stereocenters. The van der Waals surface area contributed by atoms with Gasteiger partial charge in [-0.3, -0.25) is 0 Å². The summed E-state index contributed by atoms with van der Waals surface area (Å²) in [5.74, 6) is -2.49. The maximum atomic E-state index is 13.8. The zero-order chi connectivity index (χ0) is 14.9. The third-order valence-corrected chi connectivity index (χ3v) is 3.16. The van der Waals surface area contributed by atoms with E-state index in [1.165, 1.54) is 24.3 Å². The highest BCUT2D eigenvalue weighted by molar-refractivity contribution is 6.37. The summed E-state index contributed by atoms with van der Waals surface area (Å²) in [6.45, 7) is 0. The predicted octanol–water partition coefficient (Wildman–Crippen LogP) is 4.12. The topological polar surface area (TPSA) is 39.2 Å². The number of esters is 1. The summed E-state index contributed by atoms with van der Waals surface area (Å²) in [7, 11) is 1.09. The molecule has 0 amide bonds. The Morgan fingerprint density at radius 3 is 2.35 bits per heavy atom. The van der Waals surface area contributed by atoms with Gasteiger partial charge < -0.3 is 4.74 Å². The first kappa shape index (κ1) is 14.7. The average molecular weight is 318 g/mol. The Balaban J connectivity index is 2.69. The Labute approximate surface area is 123 Å². The summed E-state index contributed by atoms with van der Waals surface area (Å²) in [5, 5.41) is -0.764. The second-order valence-electron chi connectivity index (χ2n) is 3.75. The van der Waals surface area contributed by atoms with Crippen LogP contribution >= 0.6 is 23.2 Å². The lowest BCUT2D eigenvalue weighted by Crippen LogP contribution is -2.08. The Morgan fingerprint density at radius 2 is 1.80 bits per heavy atom. The molecule has 2 rings (SSSR count). The van der Waals surface area contributed by atoms with Crippen LogP contribution in [0.3, 0.4) is 0 Å². The molecule has 0 N–H and O–H groups in total. The molecule has 1 aromatic heterocycles. The van der Waals surface area contributed by atoms with Crippen LogP contribution in [-0.2, 0) is 4.74 Å². The van der Waals surface area contributed by atoms with Crippen LogP contribution in [0.15, 0.2) is 24.3 Å². The number of aromatic nitrogens is 1. The number of pyridine rings is 1. The number of ether oxygens (including phenoxy) is 1. The van der Waals surface area contributed by atoms with Gasteiger partial charge in [0.25, 0.3) is 0 Å². The summed E-state index contributed by atoms with van der Waals surface area (Å²) in [6.07, 6.45) is 0. The summed E-state index contributed by atoms with van der Waals surface area (Å²) in [4.78, 5) is 15.3. The fraction of sp³-hybridized carbons (Fsp3) is 0.0769. The molecule has 0 aliphatic rings. The number of rotatable bonds is 2. The number of methoxy groups -OCH3 is 1. The first-order valence-corrected chi connectivity index (χ1v) is 6.10. The number of hydrogen-bond donors (Lipinski definition) is 0. The van der Waals surface area contributed by atoms with E-state index >= 15 is 0 Å². The van der Waals surface area contributed by atoms with Crippen molar-refractivity contribution in [2.45, 2.75) is 0 Å². The number of carbonyl (C=O) groups is 1. The van der Waals surface area contributed by atoms with Crippen LogP contribution in [0.5, 0.6) is 0 Å². The van der Waals surface area contributed by atoms with Crippen LogP contribution in [-0.4, -0.2) is 18.1 Å². The molecule has 2 aromatic rings. The standard InChI is InChI=1S/C13H7Cl2F2NO2/c1-20-13(19)8-9(14)11(18-12(15)10(8)17)6-2-4-7(16)5-3-6/h2-5H,1H3. The van der Waals surface area contributed by atoms with Crippen molar-refractivity contribution in [2.75, 3.05) is 7.11 Å². The van der Waals surface area contributed by atoms with E-state index in [0.717, 1.165) is 7.11 Å². The summed E-state index contributed by atoms with van der Waals surface area (Å²) in [6, 6.07) is 5.14. The van der Waals surface area contributed by atoms with Gasteiger partial charge >= 0.3 is 5.97 Å². The van der Waals surface area contributed by atoms with E-state index in [1.807, 2.05) is 0 Å². The summed E-state index contributed by atoms with van der Waals surface area (Å²) < 4.78 is 31.2. The van der Waals surface area contributed by atoms with Crippen molar-refractivity contribution in [3.63, 3.8) is 0 Å². The molecule has 0 saturated carbocycles. The van der Waals surface area contributed by atoms with Crippen molar-refractivity contribution in [2.24, 2.45) is 0 Å². The fourth-order valence-corrected chi connectivity index (χ4v) is 2.09. The molecule has 0 aliphatic heterocycles. The van der Waals surface area contributed by atoms with Crippen molar-refractivity contribution in [1.29, 1.82) is 0 Å². The number of benzene rings is 1. The molecule has 0 atom stereocenters. The normalized spacial score (nSPS) is 10.4. The van der Waals surface area contributed by atoms with Crippen LogP contribution in [0.25, 0.3) is 11.3 Å². The number of carbonyl (C=O) groups excluding carboxylic acids is 1.